The van der Waals surface area contributed by atoms with Crippen LogP contribution in [0.3, 0.4) is 0 Å². The largest absolute Gasteiger partial charge is 0.349 e. The molecule has 0 radical (unpaired) electrons. The Kier molecular flexibility index (Phi) is 4.73. The Hall–Kier alpha value is -0.370. The molecule has 3 rings (SSSR count). The second kappa shape index (κ2) is 6.40. The van der Waals surface area contributed by atoms with Crippen LogP contribution in [0.1, 0.15) is 36.0 Å². The number of ether oxygens (including phenoxy) is 2. The molecule has 1 spiro atoms. The summed E-state index contributed by atoms with van der Waals surface area (Å²) in [5.74, 6) is -0.449. The van der Waals surface area contributed by atoms with Gasteiger partial charge in [0.15, 0.2) is 5.79 Å². The van der Waals surface area contributed by atoms with E-state index in [9.17, 15) is 4.79 Å². The molecule has 21 heavy (non-hydrogen) atoms. The maximum atomic E-state index is 12.3. The van der Waals surface area contributed by atoms with E-state index < -0.39 is 0 Å². The monoisotopic (exact) mass is 421 g/mol. The molecule has 1 aliphatic carbocycles. The van der Waals surface area contributed by atoms with Gasteiger partial charge < -0.3 is 14.8 Å². The quantitative estimate of drug-likeness (QED) is 0.745. The molecule has 1 amide bonds. The first-order valence-electron chi connectivity index (χ1n) is 7.12. The van der Waals surface area contributed by atoms with Crippen LogP contribution < -0.4 is 5.32 Å². The number of nitrogens with one attached hydrogen (secondary N) is 1. The second-order valence-corrected chi connectivity index (χ2v) is 7.05. The Labute approximate surface area is 142 Å². The number of hydrogen-bond donors (Lipinski definition) is 1. The molecule has 114 valence electrons. The lowest BCUT2D eigenvalue weighted by molar-refractivity contribution is -0.179. The van der Waals surface area contributed by atoms with Crippen molar-refractivity contribution in [2.45, 2.75) is 37.5 Å². The third-order valence-corrected chi connectivity index (χ3v) is 5.65. The van der Waals surface area contributed by atoms with Crippen LogP contribution in [-0.4, -0.2) is 30.9 Å². The van der Waals surface area contributed by atoms with Crippen molar-refractivity contribution >= 4 is 40.1 Å². The third kappa shape index (κ3) is 3.52. The van der Waals surface area contributed by atoms with Crippen molar-refractivity contribution < 1.29 is 14.3 Å². The van der Waals surface area contributed by atoms with Gasteiger partial charge in [0.1, 0.15) is 0 Å². The first-order valence-corrected chi connectivity index (χ1v) is 8.57. The predicted octanol–water partition coefficient (Wildman–Crippen LogP) is 3.36. The van der Waals surface area contributed by atoms with Crippen LogP contribution >= 0.6 is 34.2 Å². The van der Waals surface area contributed by atoms with Crippen LogP contribution in [0.5, 0.6) is 0 Å². The number of hydrogen-bond acceptors (Lipinski definition) is 3. The average Bonchev–Trinajstić information content (AvgIpc) is 2.93. The average molecular weight is 422 g/mol. The van der Waals surface area contributed by atoms with E-state index in [0.717, 1.165) is 29.3 Å². The molecule has 6 heteroatoms. The van der Waals surface area contributed by atoms with Gasteiger partial charge in [-0.15, -0.1) is 0 Å². The van der Waals surface area contributed by atoms with Crippen molar-refractivity contribution in [2.24, 2.45) is 0 Å². The van der Waals surface area contributed by atoms with Crippen molar-refractivity contribution in [2.75, 3.05) is 13.2 Å². The summed E-state index contributed by atoms with van der Waals surface area (Å²) >= 11 is 8.21. The van der Waals surface area contributed by atoms with Crippen molar-refractivity contribution in [3.8, 4) is 0 Å². The lowest BCUT2D eigenvalue weighted by Crippen LogP contribution is -2.44. The maximum Gasteiger partial charge on any atom is 0.251 e. The fraction of sp³-hybridized carbons (Fsp3) is 0.533. The van der Waals surface area contributed by atoms with Crippen molar-refractivity contribution in [3.63, 3.8) is 0 Å². The summed E-state index contributed by atoms with van der Waals surface area (Å²) in [4.78, 5) is 12.3. The predicted molar refractivity (Wildman–Crippen MR) is 88.5 cm³/mol. The Morgan fingerprint density at radius 2 is 1.95 bits per heavy atom. The molecular weight excluding hydrogens is 405 g/mol. The van der Waals surface area contributed by atoms with Gasteiger partial charge in [-0.05, 0) is 53.6 Å². The molecule has 1 N–H and O–H groups in total. The van der Waals surface area contributed by atoms with Crippen LogP contribution in [0.25, 0.3) is 0 Å². The summed E-state index contributed by atoms with van der Waals surface area (Å²) in [5.41, 5.74) is 0.606. The highest BCUT2D eigenvalue weighted by Gasteiger charge is 2.40. The third-order valence-electron chi connectivity index (χ3n) is 4.08. The minimum absolute atomic E-state index is 0.0671. The van der Waals surface area contributed by atoms with Gasteiger partial charge >= 0.3 is 0 Å². The molecule has 1 aromatic rings. The number of carbonyl (C=O) groups is 1. The minimum Gasteiger partial charge on any atom is -0.349 e. The standard InChI is InChI=1S/C15H17ClINO3/c16-12-9-10(1-2-13(12)17)14(19)18-11-3-5-15(6-4-11)20-7-8-21-15/h1-2,9,11H,3-8H2,(H,18,19). The molecule has 1 aliphatic heterocycles. The minimum atomic E-state index is -0.382. The zero-order valence-corrected chi connectivity index (χ0v) is 14.4. The van der Waals surface area contributed by atoms with E-state index in [1.54, 1.807) is 12.1 Å². The van der Waals surface area contributed by atoms with Gasteiger partial charge in [-0.25, -0.2) is 0 Å². The lowest BCUT2D eigenvalue weighted by atomic mass is 9.90. The topological polar surface area (TPSA) is 47.6 Å². The van der Waals surface area contributed by atoms with Gasteiger partial charge in [-0.3, -0.25) is 4.79 Å². The molecular formula is C15H17ClINO3. The van der Waals surface area contributed by atoms with Crippen molar-refractivity contribution in [3.05, 3.63) is 32.4 Å². The summed E-state index contributed by atoms with van der Waals surface area (Å²) in [6, 6.07) is 5.55. The van der Waals surface area contributed by atoms with Gasteiger partial charge in [0.2, 0.25) is 0 Å². The number of rotatable bonds is 2. The highest BCUT2D eigenvalue weighted by Crippen LogP contribution is 2.35. The SMILES string of the molecule is O=C(NC1CCC2(CC1)OCCO2)c1ccc(I)c(Cl)c1. The number of carbonyl (C=O) groups excluding carboxylic acids is 1. The van der Waals surface area contributed by atoms with E-state index in [-0.39, 0.29) is 17.7 Å². The van der Waals surface area contributed by atoms with Crippen LogP contribution in [-0.2, 0) is 9.47 Å². The van der Waals surface area contributed by atoms with Crippen molar-refractivity contribution in [1.29, 1.82) is 0 Å². The molecule has 0 bridgehead atoms. The Bertz CT molecular complexity index is 536. The summed E-state index contributed by atoms with van der Waals surface area (Å²) in [7, 11) is 0. The highest BCUT2D eigenvalue weighted by molar-refractivity contribution is 14.1. The van der Waals surface area contributed by atoms with E-state index >= 15 is 0 Å². The van der Waals surface area contributed by atoms with Crippen LogP contribution in [0.2, 0.25) is 5.02 Å². The molecule has 4 nitrogen and oxygen atoms in total. The van der Waals surface area contributed by atoms with E-state index in [2.05, 4.69) is 27.9 Å². The molecule has 0 unspecified atom stereocenters. The molecule has 1 saturated carbocycles. The molecule has 1 aromatic carbocycles. The molecule has 2 fully saturated rings. The zero-order valence-electron chi connectivity index (χ0n) is 11.5. The zero-order chi connectivity index (χ0) is 14.9. The fourth-order valence-corrected chi connectivity index (χ4v) is 3.41. The van der Waals surface area contributed by atoms with Crippen molar-refractivity contribution in [1.82, 2.24) is 5.32 Å². The van der Waals surface area contributed by atoms with E-state index in [0.29, 0.717) is 23.8 Å². The number of halogens is 2. The summed E-state index contributed by atoms with van der Waals surface area (Å²) in [6.45, 7) is 1.36. The second-order valence-electron chi connectivity index (χ2n) is 5.48. The summed E-state index contributed by atoms with van der Waals surface area (Å²) in [6.07, 6.45) is 3.43. The Morgan fingerprint density at radius 1 is 1.29 bits per heavy atom. The Balaban J connectivity index is 1.57. The Morgan fingerprint density at radius 3 is 2.57 bits per heavy atom. The summed E-state index contributed by atoms with van der Waals surface area (Å²) < 4.78 is 12.3. The van der Waals surface area contributed by atoms with Crippen LogP contribution in [0, 0.1) is 3.57 Å². The van der Waals surface area contributed by atoms with E-state index in [4.69, 9.17) is 21.1 Å². The van der Waals surface area contributed by atoms with Gasteiger partial charge in [0.05, 0.1) is 18.2 Å². The molecule has 1 saturated heterocycles. The van der Waals surface area contributed by atoms with E-state index in [1.807, 2.05) is 6.07 Å². The first kappa shape index (κ1) is 15.5. The number of amides is 1. The maximum absolute atomic E-state index is 12.3. The van der Waals surface area contributed by atoms with Gasteiger partial charge in [0, 0.05) is 28.0 Å². The van der Waals surface area contributed by atoms with Gasteiger partial charge in [-0.1, -0.05) is 11.6 Å². The van der Waals surface area contributed by atoms with Crippen LogP contribution in [0.4, 0.5) is 0 Å². The van der Waals surface area contributed by atoms with Gasteiger partial charge in [0.25, 0.3) is 5.91 Å². The fourth-order valence-electron chi connectivity index (χ4n) is 2.89. The highest BCUT2D eigenvalue weighted by atomic mass is 127. The lowest BCUT2D eigenvalue weighted by Gasteiger charge is -2.35. The normalized spacial score (nSPS) is 21.6. The molecule has 0 aromatic heterocycles. The van der Waals surface area contributed by atoms with Crippen LogP contribution in [0.15, 0.2) is 18.2 Å². The molecule has 0 atom stereocenters. The first-order chi connectivity index (χ1) is 10.1. The number of benzene rings is 1. The summed E-state index contributed by atoms with van der Waals surface area (Å²) in [5, 5.41) is 3.69. The smallest absolute Gasteiger partial charge is 0.251 e. The van der Waals surface area contributed by atoms with Gasteiger partial charge in [-0.2, -0.15) is 0 Å². The van der Waals surface area contributed by atoms with E-state index in [1.165, 1.54) is 0 Å². The molecule has 2 aliphatic rings. The molecule has 1 heterocycles.